The zero-order chi connectivity index (χ0) is 17.7. The van der Waals surface area contributed by atoms with Gasteiger partial charge in [0, 0.05) is 0 Å². The molecule has 0 rings (SSSR count). The lowest BCUT2D eigenvalue weighted by atomic mass is 9.80. The summed E-state index contributed by atoms with van der Waals surface area (Å²) in [6, 6.07) is 0. The molecule has 0 spiro atoms. The molecular weight excluding hydrogens is 272 g/mol. The van der Waals surface area contributed by atoms with Crippen molar-refractivity contribution in [3.8, 4) is 0 Å². The van der Waals surface area contributed by atoms with E-state index in [0.29, 0.717) is 24.0 Å². The van der Waals surface area contributed by atoms with Crippen molar-refractivity contribution in [2.45, 2.75) is 94.9 Å². The molecular formula is C20H42O2. The van der Waals surface area contributed by atoms with Gasteiger partial charge in [0.05, 0.1) is 13.2 Å². The van der Waals surface area contributed by atoms with Gasteiger partial charge >= 0.3 is 0 Å². The first-order chi connectivity index (χ1) is 9.62. The van der Waals surface area contributed by atoms with Crippen LogP contribution in [0, 0.1) is 21.7 Å². The molecule has 0 radical (unpaired) electrons. The minimum atomic E-state index is 0.169. The molecule has 0 aliphatic carbocycles. The third kappa shape index (κ3) is 13.6. The van der Waals surface area contributed by atoms with Gasteiger partial charge in [-0.2, -0.15) is 0 Å². The predicted octanol–water partition coefficient (Wildman–Crippen LogP) is 6.64. The first-order valence-electron chi connectivity index (χ1n) is 8.87. The van der Waals surface area contributed by atoms with Crippen LogP contribution < -0.4 is 0 Å². The summed E-state index contributed by atoms with van der Waals surface area (Å²) in [5.41, 5.74) is 1.10. The molecule has 0 saturated heterocycles. The molecule has 0 bridgehead atoms. The monoisotopic (exact) mass is 314 g/mol. The van der Waals surface area contributed by atoms with Gasteiger partial charge in [0.25, 0.3) is 0 Å². The maximum Gasteiger partial charge on any atom is 0.0873 e. The minimum Gasteiger partial charge on any atom is -0.236 e. The van der Waals surface area contributed by atoms with Crippen LogP contribution in [0.5, 0.6) is 0 Å². The first kappa shape index (κ1) is 21.9. The Morgan fingerprint density at radius 1 is 0.455 bits per heavy atom. The van der Waals surface area contributed by atoms with E-state index in [1.807, 2.05) is 0 Å². The van der Waals surface area contributed by atoms with Crippen LogP contribution >= 0.6 is 0 Å². The van der Waals surface area contributed by atoms with Crippen LogP contribution in [0.15, 0.2) is 0 Å². The van der Waals surface area contributed by atoms with E-state index in [1.165, 1.54) is 12.8 Å². The van der Waals surface area contributed by atoms with E-state index >= 15 is 0 Å². The van der Waals surface area contributed by atoms with Crippen LogP contribution in [0.25, 0.3) is 0 Å². The van der Waals surface area contributed by atoms with Crippen molar-refractivity contribution < 1.29 is 9.78 Å². The highest BCUT2D eigenvalue weighted by atomic mass is 17.2. The van der Waals surface area contributed by atoms with Gasteiger partial charge in [0.15, 0.2) is 0 Å². The van der Waals surface area contributed by atoms with Crippen molar-refractivity contribution in [3.63, 3.8) is 0 Å². The van der Waals surface area contributed by atoms with Crippen molar-refractivity contribution >= 4 is 0 Å². The molecule has 0 aliphatic rings. The maximum atomic E-state index is 5.53. The summed E-state index contributed by atoms with van der Waals surface area (Å²) in [5, 5.41) is 0. The highest BCUT2D eigenvalue weighted by molar-refractivity contribution is 4.73. The lowest BCUT2D eigenvalue weighted by Crippen LogP contribution is -2.25. The second kappa shape index (κ2) is 8.15. The zero-order valence-electron chi connectivity index (χ0n) is 17.1. The molecule has 134 valence electrons. The Morgan fingerprint density at radius 3 is 0.955 bits per heavy atom. The standard InChI is InChI=1S/C20H42O2/c1-17(2,3)11-13-19(7,8)15-21-22-16-20(9,10)14-12-18(4,5)6/h11-16H2,1-10H3. The number of hydrogen-bond acceptors (Lipinski definition) is 2. The first-order valence-corrected chi connectivity index (χ1v) is 8.87. The summed E-state index contributed by atoms with van der Waals surface area (Å²) in [4.78, 5) is 11.1. The Balaban J connectivity index is 3.99. The van der Waals surface area contributed by atoms with Gasteiger partial charge in [-0.3, -0.25) is 0 Å². The molecule has 0 amide bonds. The Morgan fingerprint density at radius 2 is 0.727 bits per heavy atom. The van der Waals surface area contributed by atoms with Crippen LogP contribution in [0.1, 0.15) is 94.9 Å². The Bertz CT molecular complexity index is 271. The maximum absolute atomic E-state index is 5.53. The van der Waals surface area contributed by atoms with E-state index < -0.39 is 0 Å². The fraction of sp³-hybridized carbons (Fsp3) is 1.00. The predicted molar refractivity (Wildman–Crippen MR) is 96.8 cm³/mol. The van der Waals surface area contributed by atoms with Crippen molar-refractivity contribution in [2.75, 3.05) is 13.2 Å². The molecule has 0 N–H and O–H groups in total. The third-order valence-electron chi connectivity index (χ3n) is 4.09. The molecule has 0 unspecified atom stereocenters. The average Bonchev–Trinajstić information content (AvgIpc) is 2.29. The summed E-state index contributed by atoms with van der Waals surface area (Å²) in [7, 11) is 0. The minimum absolute atomic E-state index is 0.169. The molecule has 0 aliphatic heterocycles. The summed E-state index contributed by atoms with van der Waals surface area (Å²) < 4.78 is 0. The Labute approximate surface area is 140 Å². The van der Waals surface area contributed by atoms with Gasteiger partial charge in [-0.1, -0.05) is 69.2 Å². The topological polar surface area (TPSA) is 18.5 Å². The largest absolute Gasteiger partial charge is 0.236 e. The van der Waals surface area contributed by atoms with Gasteiger partial charge in [0.1, 0.15) is 0 Å². The van der Waals surface area contributed by atoms with E-state index in [1.54, 1.807) is 0 Å². The van der Waals surface area contributed by atoms with E-state index in [4.69, 9.17) is 9.78 Å². The normalized spacial score (nSPS) is 14.5. The highest BCUT2D eigenvalue weighted by Gasteiger charge is 2.25. The van der Waals surface area contributed by atoms with Gasteiger partial charge in [-0.05, 0) is 47.3 Å². The summed E-state index contributed by atoms with van der Waals surface area (Å²) >= 11 is 0. The number of hydrogen-bond donors (Lipinski definition) is 0. The summed E-state index contributed by atoms with van der Waals surface area (Å²) in [6.07, 6.45) is 4.74. The molecule has 0 fully saturated rings. The smallest absolute Gasteiger partial charge is 0.0873 e. The fourth-order valence-corrected chi connectivity index (χ4v) is 1.97. The van der Waals surface area contributed by atoms with Crippen molar-refractivity contribution in [2.24, 2.45) is 21.7 Å². The lowest BCUT2D eigenvalue weighted by Gasteiger charge is -2.30. The molecule has 2 nitrogen and oxygen atoms in total. The van der Waals surface area contributed by atoms with Crippen LogP contribution in [-0.2, 0) is 9.78 Å². The summed E-state index contributed by atoms with van der Waals surface area (Å²) in [5.74, 6) is 0. The van der Waals surface area contributed by atoms with Gasteiger partial charge < -0.3 is 0 Å². The second-order valence-electron chi connectivity index (χ2n) is 11.0. The quantitative estimate of drug-likeness (QED) is 0.270. The van der Waals surface area contributed by atoms with Crippen LogP contribution in [-0.4, -0.2) is 13.2 Å². The SMILES string of the molecule is CC(C)(C)CCC(C)(C)COOCC(C)(C)CCC(C)(C)C. The van der Waals surface area contributed by atoms with Crippen LogP contribution in [0.2, 0.25) is 0 Å². The second-order valence-corrected chi connectivity index (χ2v) is 11.0. The fourth-order valence-electron chi connectivity index (χ4n) is 1.97. The van der Waals surface area contributed by atoms with Crippen molar-refractivity contribution in [1.29, 1.82) is 0 Å². The van der Waals surface area contributed by atoms with Crippen molar-refractivity contribution in [1.82, 2.24) is 0 Å². The molecule has 0 atom stereocenters. The summed E-state index contributed by atoms with van der Waals surface area (Å²) in [6.45, 7) is 24.1. The van der Waals surface area contributed by atoms with E-state index in [9.17, 15) is 0 Å². The molecule has 0 saturated carbocycles. The van der Waals surface area contributed by atoms with Gasteiger partial charge in [0.2, 0.25) is 0 Å². The zero-order valence-corrected chi connectivity index (χ0v) is 17.1. The average molecular weight is 315 g/mol. The van der Waals surface area contributed by atoms with Crippen molar-refractivity contribution in [3.05, 3.63) is 0 Å². The third-order valence-corrected chi connectivity index (χ3v) is 4.09. The molecule has 22 heavy (non-hydrogen) atoms. The van der Waals surface area contributed by atoms with Crippen LogP contribution in [0.4, 0.5) is 0 Å². The van der Waals surface area contributed by atoms with Crippen LogP contribution in [0.3, 0.4) is 0 Å². The molecule has 0 heterocycles. The molecule has 0 aromatic heterocycles. The highest BCUT2D eigenvalue weighted by Crippen LogP contribution is 2.32. The van der Waals surface area contributed by atoms with E-state index in [-0.39, 0.29) is 10.8 Å². The Kier molecular flexibility index (Phi) is 8.12. The number of rotatable bonds is 9. The molecule has 0 aromatic carbocycles. The Hall–Kier alpha value is -0.0800. The van der Waals surface area contributed by atoms with E-state index in [0.717, 1.165) is 12.8 Å². The lowest BCUT2D eigenvalue weighted by molar-refractivity contribution is -0.321. The van der Waals surface area contributed by atoms with Gasteiger partial charge in [-0.25, -0.2) is 9.78 Å². The molecule has 2 heteroatoms. The molecule has 0 aromatic rings. The van der Waals surface area contributed by atoms with Gasteiger partial charge in [-0.15, -0.1) is 0 Å². The van der Waals surface area contributed by atoms with E-state index in [2.05, 4.69) is 69.2 Å².